The molecule has 1 saturated heterocycles. The van der Waals surface area contributed by atoms with Crippen molar-refractivity contribution in [2.24, 2.45) is 0 Å². The third-order valence-corrected chi connectivity index (χ3v) is 13.0. The van der Waals surface area contributed by atoms with Crippen LogP contribution in [0.2, 0.25) is 0 Å². The Kier molecular flexibility index (Phi) is 40.2. The highest BCUT2D eigenvalue weighted by atomic mass is 16.7. The Labute approximate surface area is 370 Å². The molecule has 1 aliphatic heterocycles. The molecule has 0 saturated carbocycles. The minimum atomic E-state index is -1.55. The molecular formula is C51H101NO8. The number of nitrogens with one attached hydrogen (secondary N) is 1. The summed E-state index contributed by atoms with van der Waals surface area (Å²) in [6, 6.07) is -0.712. The Morgan fingerprint density at radius 2 is 0.833 bits per heavy atom. The van der Waals surface area contributed by atoms with Crippen LogP contribution in [0.1, 0.15) is 264 Å². The zero-order chi connectivity index (χ0) is 43.7. The van der Waals surface area contributed by atoms with Gasteiger partial charge in [0.2, 0.25) is 5.91 Å². The Bertz CT molecular complexity index is 908. The maximum atomic E-state index is 13.0. The second kappa shape index (κ2) is 42.2. The summed E-state index contributed by atoms with van der Waals surface area (Å²) in [5.41, 5.74) is 0. The number of carbonyl (C=O) groups excluding carboxylic acids is 1. The van der Waals surface area contributed by atoms with Gasteiger partial charge in [-0.3, -0.25) is 4.79 Å². The monoisotopic (exact) mass is 856 g/mol. The van der Waals surface area contributed by atoms with Crippen LogP contribution in [0.25, 0.3) is 0 Å². The Morgan fingerprint density at radius 3 is 1.18 bits per heavy atom. The lowest BCUT2D eigenvalue weighted by Gasteiger charge is -2.40. The molecule has 1 amide bonds. The molecular weight excluding hydrogens is 755 g/mol. The predicted molar refractivity (Wildman–Crippen MR) is 249 cm³/mol. The number of carbonyl (C=O) groups is 1. The largest absolute Gasteiger partial charge is 0.394 e. The van der Waals surface area contributed by atoms with E-state index in [0.717, 1.165) is 38.5 Å². The maximum absolute atomic E-state index is 13.0. The summed E-state index contributed by atoms with van der Waals surface area (Å²) in [6.07, 6.45) is 41.2. The molecule has 0 aromatic rings. The molecule has 358 valence electrons. The summed E-state index contributed by atoms with van der Waals surface area (Å²) in [6.45, 7) is 3.86. The molecule has 0 aliphatic carbocycles. The van der Waals surface area contributed by atoms with Crippen molar-refractivity contribution in [3.63, 3.8) is 0 Å². The molecule has 7 atom stereocenters. The fourth-order valence-electron chi connectivity index (χ4n) is 8.75. The van der Waals surface area contributed by atoms with Crippen molar-refractivity contribution < 1.29 is 39.8 Å². The SMILES string of the molecule is CCCCCCCCCCCCCCCCCCCCCCCCCCC(=O)NC(COC1OC(CO)C(O)C(O)C1O)C(O)CCCCCCCCCCCCCCC. The highest BCUT2D eigenvalue weighted by Crippen LogP contribution is 2.23. The number of aliphatic hydroxyl groups excluding tert-OH is 5. The van der Waals surface area contributed by atoms with E-state index >= 15 is 0 Å². The summed E-state index contributed by atoms with van der Waals surface area (Å²) < 4.78 is 11.3. The van der Waals surface area contributed by atoms with Gasteiger partial charge in [-0.15, -0.1) is 0 Å². The van der Waals surface area contributed by atoms with Crippen molar-refractivity contribution in [3.05, 3.63) is 0 Å². The van der Waals surface area contributed by atoms with Crippen LogP contribution in [0, 0.1) is 0 Å². The van der Waals surface area contributed by atoms with Crippen molar-refractivity contribution in [2.75, 3.05) is 13.2 Å². The van der Waals surface area contributed by atoms with Crippen LogP contribution in [0.15, 0.2) is 0 Å². The number of amides is 1. The van der Waals surface area contributed by atoms with Gasteiger partial charge in [0.1, 0.15) is 24.4 Å². The van der Waals surface area contributed by atoms with Gasteiger partial charge < -0.3 is 40.3 Å². The summed E-state index contributed by atoms with van der Waals surface area (Å²) in [4.78, 5) is 13.0. The summed E-state index contributed by atoms with van der Waals surface area (Å²) in [5, 5.41) is 54.5. The van der Waals surface area contributed by atoms with Crippen LogP contribution >= 0.6 is 0 Å². The first-order valence-electron chi connectivity index (χ1n) is 26.2. The van der Waals surface area contributed by atoms with Gasteiger partial charge in [-0.2, -0.15) is 0 Å². The molecule has 1 fully saturated rings. The molecule has 0 bridgehead atoms. The van der Waals surface area contributed by atoms with Crippen molar-refractivity contribution in [2.45, 2.75) is 307 Å². The van der Waals surface area contributed by atoms with E-state index < -0.39 is 49.5 Å². The molecule has 1 heterocycles. The Hall–Kier alpha value is -0.810. The molecule has 60 heavy (non-hydrogen) atoms. The lowest BCUT2D eigenvalue weighted by atomic mass is 9.99. The topological polar surface area (TPSA) is 149 Å². The first kappa shape index (κ1) is 57.2. The molecule has 1 rings (SSSR count). The summed E-state index contributed by atoms with van der Waals surface area (Å²) in [5.74, 6) is -0.138. The maximum Gasteiger partial charge on any atom is 0.220 e. The van der Waals surface area contributed by atoms with Gasteiger partial charge in [0.25, 0.3) is 0 Å². The fraction of sp³-hybridized carbons (Fsp3) is 0.980. The lowest BCUT2D eigenvalue weighted by Crippen LogP contribution is -2.60. The van der Waals surface area contributed by atoms with E-state index in [1.54, 1.807) is 0 Å². The van der Waals surface area contributed by atoms with Gasteiger partial charge in [0.05, 0.1) is 25.4 Å². The first-order valence-corrected chi connectivity index (χ1v) is 26.2. The molecule has 0 radical (unpaired) electrons. The Balaban J connectivity index is 2.19. The van der Waals surface area contributed by atoms with E-state index in [0.29, 0.717) is 12.8 Å². The van der Waals surface area contributed by atoms with Crippen LogP contribution < -0.4 is 5.32 Å². The van der Waals surface area contributed by atoms with E-state index in [9.17, 15) is 30.3 Å². The smallest absolute Gasteiger partial charge is 0.220 e. The standard InChI is InChI=1S/C51H101NO8/c1-3-5-7-9-11-13-15-17-18-19-20-21-22-23-24-25-26-27-29-31-33-35-37-39-41-47(55)52-44(43-59-51-50(58)49(57)48(56)46(42-53)60-51)45(54)40-38-36-34-32-30-28-16-14-12-10-8-6-4-2/h44-46,48-51,53-54,56-58H,3-43H2,1-2H3,(H,52,55). The normalized spacial score (nSPS) is 20.4. The number of hydrogen-bond acceptors (Lipinski definition) is 8. The average Bonchev–Trinajstić information content (AvgIpc) is 3.25. The zero-order valence-electron chi connectivity index (χ0n) is 39.5. The molecule has 7 unspecified atom stereocenters. The van der Waals surface area contributed by atoms with Gasteiger partial charge in [-0.25, -0.2) is 0 Å². The third-order valence-electron chi connectivity index (χ3n) is 13.0. The van der Waals surface area contributed by atoms with Crippen LogP contribution in [0.5, 0.6) is 0 Å². The van der Waals surface area contributed by atoms with Crippen molar-refractivity contribution in [3.8, 4) is 0 Å². The van der Waals surface area contributed by atoms with Gasteiger partial charge in [0.15, 0.2) is 6.29 Å². The summed E-state index contributed by atoms with van der Waals surface area (Å²) in [7, 11) is 0. The van der Waals surface area contributed by atoms with Gasteiger partial charge in [-0.05, 0) is 12.8 Å². The van der Waals surface area contributed by atoms with Gasteiger partial charge in [0, 0.05) is 6.42 Å². The molecule has 0 spiro atoms. The highest BCUT2D eigenvalue weighted by Gasteiger charge is 2.44. The van der Waals surface area contributed by atoms with E-state index in [1.165, 1.54) is 199 Å². The van der Waals surface area contributed by atoms with Crippen molar-refractivity contribution in [1.29, 1.82) is 0 Å². The number of ether oxygens (including phenoxy) is 2. The van der Waals surface area contributed by atoms with Crippen molar-refractivity contribution in [1.82, 2.24) is 5.32 Å². The van der Waals surface area contributed by atoms with Crippen LogP contribution in [-0.4, -0.2) is 87.5 Å². The van der Waals surface area contributed by atoms with Gasteiger partial charge in [-0.1, -0.05) is 245 Å². The first-order chi connectivity index (χ1) is 29.3. The van der Waals surface area contributed by atoms with Crippen molar-refractivity contribution >= 4 is 5.91 Å². The number of hydrogen-bond donors (Lipinski definition) is 6. The number of rotatable bonds is 45. The predicted octanol–water partition coefficient (Wildman–Crippen LogP) is 11.9. The lowest BCUT2D eigenvalue weighted by molar-refractivity contribution is -0.302. The fourth-order valence-corrected chi connectivity index (χ4v) is 8.75. The average molecular weight is 856 g/mol. The molecule has 9 nitrogen and oxygen atoms in total. The molecule has 1 aliphatic rings. The van der Waals surface area contributed by atoms with Crippen LogP contribution in [0.4, 0.5) is 0 Å². The highest BCUT2D eigenvalue weighted by molar-refractivity contribution is 5.76. The van der Waals surface area contributed by atoms with E-state index in [4.69, 9.17) is 9.47 Å². The van der Waals surface area contributed by atoms with Gasteiger partial charge >= 0.3 is 0 Å². The zero-order valence-corrected chi connectivity index (χ0v) is 39.5. The quantitative estimate of drug-likeness (QED) is 0.0332. The van der Waals surface area contributed by atoms with Crippen LogP contribution in [0.3, 0.4) is 0 Å². The van der Waals surface area contributed by atoms with E-state index in [-0.39, 0.29) is 12.5 Å². The number of aliphatic hydroxyl groups is 5. The second-order valence-electron chi connectivity index (χ2n) is 18.7. The Morgan fingerprint density at radius 1 is 0.500 bits per heavy atom. The summed E-state index contributed by atoms with van der Waals surface area (Å²) >= 11 is 0. The van der Waals surface area contributed by atoms with E-state index in [1.807, 2.05) is 0 Å². The minimum absolute atomic E-state index is 0.131. The number of unbranched alkanes of at least 4 members (excludes halogenated alkanes) is 35. The van der Waals surface area contributed by atoms with Crippen LogP contribution in [-0.2, 0) is 14.3 Å². The molecule has 6 N–H and O–H groups in total. The van der Waals surface area contributed by atoms with E-state index in [2.05, 4.69) is 19.2 Å². The third kappa shape index (κ3) is 31.9. The second-order valence-corrected chi connectivity index (χ2v) is 18.7. The minimum Gasteiger partial charge on any atom is -0.394 e. The molecule has 9 heteroatoms. The molecule has 0 aromatic carbocycles. The molecule has 0 aromatic heterocycles.